The largest absolute Gasteiger partial charge is 0.478 e. The normalized spacial score (nSPS) is 10.2. The van der Waals surface area contributed by atoms with Crippen LogP contribution < -0.4 is 4.90 Å². The van der Waals surface area contributed by atoms with Crippen LogP contribution in [0.1, 0.15) is 31.1 Å². The van der Waals surface area contributed by atoms with Gasteiger partial charge in [0, 0.05) is 13.0 Å². The van der Waals surface area contributed by atoms with E-state index in [1.54, 1.807) is 13.8 Å². The van der Waals surface area contributed by atoms with Gasteiger partial charge in [-0.2, -0.15) is 5.10 Å². The van der Waals surface area contributed by atoms with E-state index < -0.39 is 5.97 Å². The molecular formula is C10H13N3O3. The molecule has 6 heteroatoms. The number of carbonyl (C=O) groups excluding carboxylic acids is 1. The number of carboxylic acid groups (broad SMARTS) is 1. The molecule has 86 valence electrons. The number of nitrogens with zero attached hydrogens (tertiary/aromatic N) is 3. The van der Waals surface area contributed by atoms with Crippen molar-refractivity contribution in [2.75, 3.05) is 4.90 Å². The van der Waals surface area contributed by atoms with Gasteiger partial charge in [-0.3, -0.25) is 9.69 Å². The summed E-state index contributed by atoms with van der Waals surface area (Å²) < 4.78 is 0. The first-order valence-corrected chi connectivity index (χ1v) is 4.80. The lowest BCUT2D eigenvalue weighted by atomic mass is 10.2. The summed E-state index contributed by atoms with van der Waals surface area (Å²) in [6.45, 7) is 4.92. The molecule has 0 bridgehead atoms. The lowest BCUT2D eigenvalue weighted by Gasteiger charge is -2.24. The second kappa shape index (κ2) is 4.69. The van der Waals surface area contributed by atoms with Crippen molar-refractivity contribution in [3.8, 4) is 0 Å². The maximum Gasteiger partial charge on any atom is 0.339 e. The molecule has 0 aliphatic rings. The van der Waals surface area contributed by atoms with E-state index in [0.717, 1.165) is 0 Å². The predicted octanol–water partition coefficient (Wildman–Crippen LogP) is 0.936. The number of aromatic nitrogens is 2. The van der Waals surface area contributed by atoms with Crippen LogP contribution in [-0.4, -0.2) is 33.2 Å². The van der Waals surface area contributed by atoms with Gasteiger partial charge in [-0.25, -0.2) is 4.79 Å². The quantitative estimate of drug-likeness (QED) is 0.824. The Morgan fingerprint density at radius 3 is 2.50 bits per heavy atom. The Balaban J connectivity index is 3.29. The van der Waals surface area contributed by atoms with Gasteiger partial charge in [0.15, 0.2) is 5.82 Å². The SMILES string of the molecule is CC(=O)N(c1nnccc1C(=O)O)C(C)C. The van der Waals surface area contributed by atoms with Crippen molar-refractivity contribution in [1.29, 1.82) is 0 Å². The van der Waals surface area contributed by atoms with Crippen LogP contribution in [0, 0.1) is 0 Å². The summed E-state index contributed by atoms with van der Waals surface area (Å²) in [6, 6.07) is 1.15. The standard InChI is InChI=1S/C10H13N3O3/c1-6(2)13(7(3)14)9-8(10(15)16)4-5-11-12-9/h4-6H,1-3H3,(H,15,16). The van der Waals surface area contributed by atoms with Crippen molar-refractivity contribution < 1.29 is 14.7 Å². The summed E-state index contributed by atoms with van der Waals surface area (Å²) >= 11 is 0. The van der Waals surface area contributed by atoms with E-state index >= 15 is 0 Å². The molecule has 0 spiro atoms. The number of rotatable bonds is 3. The Labute approximate surface area is 92.9 Å². The zero-order chi connectivity index (χ0) is 12.3. The van der Waals surface area contributed by atoms with Crippen molar-refractivity contribution in [3.63, 3.8) is 0 Å². The van der Waals surface area contributed by atoms with Gasteiger partial charge in [0.05, 0.1) is 6.20 Å². The van der Waals surface area contributed by atoms with E-state index in [0.29, 0.717) is 0 Å². The first kappa shape index (κ1) is 12.1. The average molecular weight is 223 g/mol. The Morgan fingerprint density at radius 2 is 2.06 bits per heavy atom. The zero-order valence-corrected chi connectivity index (χ0v) is 9.34. The summed E-state index contributed by atoms with van der Waals surface area (Å²) in [5, 5.41) is 16.3. The highest BCUT2D eigenvalue weighted by atomic mass is 16.4. The first-order valence-electron chi connectivity index (χ1n) is 4.80. The number of aromatic carboxylic acids is 1. The molecule has 1 N–H and O–H groups in total. The maximum atomic E-state index is 11.4. The van der Waals surface area contributed by atoms with Crippen LogP contribution in [-0.2, 0) is 4.79 Å². The third kappa shape index (κ3) is 2.33. The summed E-state index contributed by atoms with van der Waals surface area (Å²) in [5.41, 5.74) is -0.0288. The minimum atomic E-state index is -1.13. The fourth-order valence-corrected chi connectivity index (χ4v) is 1.43. The molecule has 0 atom stereocenters. The fraction of sp³-hybridized carbons (Fsp3) is 0.400. The van der Waals surface area contributed by atoms with Gasteiger partial charge in [-0.1, -0.05) is 0 Å². The lowest BCUT2D eigenvalue weighted by molar-refractivity contribution is -0.116. The highest BCUT2D eigenvalue weighted by Gasteiger charge is 2.23. The fourth-order valence-electron chi connectivity index (χ4n) is 1.43. The Kier molecular flexibility index (Phi) is 3.55. The second-order valence-corrected chi connectivity index (χ2v) is 3.56. The zero-order valence-electron chi connectivity index (χ0n) is 9.34. The monoisotopic (exact) mass is 223 g/mol. The average Bonchev–Trinajstić information content (AvgIpc) is 2.17. The van der Waals surface area contributed by atoms with E-state index in [1.807, 2.05) is 0 Å². The van der Waals surface area contributed by atoms with E-state index in [9.17, 15) is 9.59 Å². The molecule has 0 radical (unpaired) electrons. The van der Waals surface area contributed by atoms with Crippen molar-refractivity contribution in [2.24, 2.45) is 0 Å². The summed E-state index contributed by atoms with van der Waals surface area (Å²) in [6.07, 6.45) is 1.28. The number of hydrogen-bond acceptors (Lipinski definition) is 4. The third-order valence-corrected chi connectivity index (χ3v) is 2.02. The van der Waals surface area contributed by atoms with Crippen LogP contribution in [0.4, 0.5) is 5.82 Å². The molecule has 16 heavy (non-hydrogen) atoms. The van der Waals surface area contributed by atoms with Crippen LogP contribution >= 0.6 is 0 Å². The molecule has 0 unspecified atom stereocenters. The van der Waals surface area contributed by atoms with Crippen LogP contribution in [0.15, 0.2) is 12.3 Å². The van der Waals surface area contributed by atoms with Gasteiger partial charge in [-0.05, 0) is 19.9 Å². The molecule has 0 aliphatic heterocycles. The number of hydrogen-bond donors (Lipinski definition) is 1. The number of amides is 1. The smallest absolute Gasteiger partial charge is 0.339 e. The Hall–Kier alpha value is -1.98. The third-order valence-electron chi connectivity index (χ3n) is 2.02. The van der Waals surface area contributed by atoms with E-state index in [4.69, 9.17) is 5.11 Å². The molecule has 0 aromatic carbocycles. The Bertz CT molecular complexity index is 418. The molecule has 0 saturated heterocycles. The minimum absolute atomic E-state index is 0.0288. The van der Waals surface area contributed by atoms with E-state index in [1.165, 1.54) is 24.1 Å². The molecule has 1 aromatic rings. The molecule has 1 rings (SSSR count). The molecule has 1 heterocycles. The van der Waals surface area contributed by atoms with Gasteiger partial charge >= 0.3 is 5.97 Å². The first-order chi connectivity index (χ1) is 7.45. The number of carbonyl (C=O) groups is 2. The van der Waals surface area contributed by atoms with Gasteiger partial charge in [0.25, 0.3) is 0 Å². The highest BCUT2D eigenvalue weighted by molar-refractivity contribution is 5.99. The van der Waals surface area contributed by atoms with Crippen molar-refractivity contribution in [3.05, 3.63) is 17.8 Å². The van der Waals surface area contributed by atoms with Crippen LogP contribution in [0.25, 0.3) is 0 Å². The minimum Gasteiger partial charge on any atom is -0.478 e. The maximum absolute atomic E-state index is 11.4. The summed E-state index contributed by atoms with van der Waals surface area (Å²) in [4.78, 5) is 23.7. The second-order valence-electron chi connectivity index (χ2n) is 3.56. The van der Waals surface area contributed by atoms with Gasteiger partial charge < -0.3 is 5.11 Å². The van der Waals surface area contributed by atoms with Crippen LogP contribution in [0.3, 0.4) is 0 Å². The number of carboxylic acids is 1. The van der Waals surface area contributed by atoms with Crippen LogP contribution in [0.5, 0.6) is 0 Å². The summed E-state index contributed by atoms with van der Waals surface area (Å²) in [7, 11) is 0. The molecule has 0 aliphatic carbocycles. The summed E-state index contributed by atoms with van der Waals surface area (Å²) in [5.74, 6) is -1.31. The predicted molar refractivity (Wildman–Crippen MR) is 57.3 cm³/mol. The lowest BCUT2D eigenvalue weighted by Crippen LogP contribution is -2.37. The van der Waals surface area contributed by atoms with Crippen molar-refractivity contribution >= 4 is 17.7 Å². The van der Waals surface area contributed by atoms with E-state index in [2.05, 4.69) is 10.2 Å². The Morgan fingerprint density at radius 1 is 1.44 bits per heavy atom. The highest BCUT2D eigenvalue weighted by Crippen LogP contribution is 2.18. The van der Waals surface area contributed by atoms with Gasteiger partial charge in [0.2, 0.25) is 5.91 Å². The number of anilines is 1. The van der Waals surface area contributed by atoms with E-state index in [-0.39, 0.29) is 23.3 Å². The van der Waals surface area contributed by atoms with Gasteiger partial charge in [0.1, 0.15) is 5.56 Å². The molecule has 0 saturated carbocycles. The molecule has 1 amide bonds. The molecule has 6 nitrogen and oxygen atoms in total. The van der Waals surface area contributed by atoms with Crippen molar-refractivity contribution in [1.82, 2.24) is 10.2 Å². The molecule has 0 fully saturated rings. The van der Waals surface area contributed by atoms with Crippen molar-refractivity contribution in [2.45, 2.75) is 26.8 Å². The van der Waals surface area contributed by atoms with Gasteiger partial charge in [-0.15, -0.1) is 5.10 Å². The van der Waals surface area contributed by atoms with Crippen LogP contribution in [0.2, 0.25) is 0 Å². The molecule has 1 aromatic heterocycles. The topological polar surface area (TPSA) is 83.4 Å². The molecular weight excluding hydrogens is 210 g/mol.